The maximum Gasteiger partial charge on any atom is 0.363 e. The molecule has 25 heavy (non-hydrogen) atoms. The number of carbonyl (C=O) groups is 2. The zero-order chi connectivity index (χ0) is 17.4. The van der Waals surface area contributed by atoms with E-state index in [4.69, 9.17) is 9.57 Å². The quantitative estimate of drug-likeness (QED) is 0.805. The summed E-state index contributed by atoms with van der Waals surface area (Å²) in [4.78, 5) is 29.4. The van der Waals surface area contributed by atoms with Crippen molar-refractivity contribution in [3.05, 3.63) is 70.8 Å². The van der Waals surface area contributed by atoms with E-state index in [-0.39, 0.29) is 12.0 Å². The first-order chi connectivity index (χ1) is 12.1. The van der Waals surface area contributed by atoms with Crippen molar-refractivity contribution >= 4 is 11.9 Å². The molecule has 128 valence electrons. The van der Waals surface area contributed by atoms with Crippen LogP contribution in [0.15, 0.2) is 48.5 Å². The molecule has 2 unspecified atom stereocenters. The van der Waals surface area contributed by atoms with Gasteiger partial charge >= 0.3 is 5.97 Å². The Labute approximate surface area is 146 Å². The fraction of sp³-hybridized carbons (Fsp3) is 0.300. The first kappa shape index (κ1) is 15.8. The summed E-state index contributed by atoms with van der Waals surface area (Å²) >= 11 is 0. The molecule has 2 aromatic carbocycles. The lowest BCUT2D eigenvalue weighted by molar-refractivity contribution is -0.178. The van der Waals surface area contributed by atoms with E-state index in [9.17, 15) is 9.59 Å². The summed E-state index contributed by atoms with van der Waals surface area (Å²) in [6.45, 7) is 2.07. The third-order valence-electron chi connectivity index (χ3n) is 4.54. The number of hydroxylamine groups is 2. The highest BCUT2D eigenvalue weighted by molar-refractivity contribution is 5.90. The van der Waals surface area contributed by atoms with E-state index in [0.29, 0.717) is 18.4 Å². The minimum Gasteiger partial charge on any atom is -0.344 e. The van der Waals surface area contributed by atoms with Gasteiger partial charge in [0.2, 0.25) is 0 Å². The Balaban J connectivity index is 1.41. The molecule has 0 bridgehead atoms. The second kappa shape index (κ2) is 6.33. The lowest BCUT2D eigenvalue weighted by atomic mass is 10.0. The zero-order valence-electron chi connectivity index (χ0n) is 14.0. The van der Waals surface area contributed by atoms with Crippen LogP contribution in [-0.2, 0) is 20.8 Å². The van der Waals surface area contributed by atoms with Crippen LogP contribution in [0.5, 0.6) is 0 Å². The highest BCUT2D eigenvalue weighted by atomic mass is 16.8. The molecule has 2 saturated heterocycles. The number of hydrogen-bond acceptors (Lipinski definition) is 4. The molecule has 2 atom stereocenters. The Morgan fingerprint density at radius 2 is 2.00 bits per heavy atom. The van der Waals surface area contributed by atoms with Crippen LogP contribution in [0.4, 0.5) is 0 Å². The number of nitrogens with zero attached hydrogens (tertiary/aromatic N) is 1. The summed E-state index contributed by atoms with van der Waals surface area (Å²) in [6, 6.07) is 15.6. The minimum atomic E-state index is -0.536. The minimum absolute atomic E-state index is 0.0159. The molecule has 0 aromatic heterocycles. The fourth-order valence-corrected chi connectivity index (χ4v) is 3.13. The summed E-state index contributed by atoms with van der Waals surface area (Å²) in [6.07, 6.45) is 1.47. The molecular weight excluding hydrogens is 318 g/mol. The van der Waals surface area contributed by atoms with Crippen LogP contribution in [0.1, 0.15) is 39.9 Å². The standard InChI is InChI=1S/C20H19NO4/c1-13-3-2-4-15(11-13)12-14-5-7-16(8-6-14)20(23)25-21-18(22)10-9-17-19(21)24-17/h2-8,11,17,19H,9-10,12H2,1H3. The highest BCUT2D eigenvalue weighted by Crippen LogP contribution is 2.35. The second-order valence-corrected chi connectivity index (χ2v) is 6.56. The van der Waals surface area contributed by atoms with Crippen molar-refractivity contribution in [2.45, 2.75) is 38.5 Å². The van der Waals surface area contributed by atoms with Crippen LogP contribution in [-0.4, -0.2) is 29.3 Å². The number of hydrogen-bond donors (Lipinski definition) is 0. The summed E-state index contributed by atoms with van der Waals surface area (Å²) in [5.41, 5.74) is 3.99. The van der Waals surface area contributed by atoms with Gasteiger partial charge in [-0.05, 0) is 43.0 Å². The normalized spacial score (nSPS) is 21.6. The van der Waals surface area contributed by atoms with Crippen LogP contribution >= 0.6 is 0 Å². The van der Waals surface area contributed by atoms with Crippen molar-refractivity contribution in [2.24, 2.45) is 0 Å². The zero-order valence-corrected chi connectivity index (χ0v) is 14.0. The molecule has 1 amide bonds. The molecule has 2 aliphatic heterocycles. The number of rotatable bonds is 4. The number of amides is 1. The number of aryl methyl sites for hydroxylation is 1. The van der Waals surface area contributed by atoms with E-state index >= 15 is 0 Å². The highest BCUT2D eigenvalue weighted by Gasteiger charge is 2.51. The van der Waals surface area contributed by atoms with Crippen LogP contribution in [0.25, 0.3) is 0 Å². The number of epoxide rings is 1. The molecule has 5 heteroatoms. The SMILES string of the molecule is Cc1cccc(Cc2ccc(C(=O)ON3C(=O)CCC4OC43)cc2)c1. The summed E-state index contributed by atoms with van der Waals surface area (Å²) < 4.78 is 5.32. The summed E-state index contributed by atoms with van der Waals surface area (Å²) in [5, 5.41) is 1.08. The third-order valence-corrected chi connectivity index (χ3v) is 4.54. The Morgan fingerprint density at radius 3 is 2.76 bits per heavy atom. The Bertz CT molecular complexity index is 815. The predicted octanol–water partition coefficient (Wildman–Crippen LogP) is 3.00. The van der Waals surface area contributed by atoms with Gasteiger partial charge in [0.25, 0.3) is 5.91 Å². The average molecular weight is 337 g/mol. The van der Waals surface area contributed by atoms with Gasteiger partial charge in [-0.2, -0.15) is 0 Å². The second-order valence-electron chi connectivity index (χ2n) is 6.56. The van der Waals surface area contributed by atoms with Crippen molar-refractivity contribution in [3.63, 3.8) is 0 Å². The van der Waals surface area contributed by atoms with E-state index < -0.39 is 12.2 Å². The van der Waals surface area contributed by atoms with Crippen molar-refractivity contribution in [2.75, 3.05) is 0 Å². The first-order valence-corrected chi connectivity index (χ1v) is 8.44. The predicted molar refractivity (Wildman–Crippen MR) is 90.6 cm³/mol. The van der Waals surface area contributed by atoms with Gasteiger partial charge in [0, 0.05) is 6.42 Å². The van der Waals surface area contributed by atoms with Crippen LogP contribution < -0.4 is 0 Å². The van der Waals surface area contributed by atoms with E-state index in [1.165, 1.54) is 11.1 Å². The van der Waals surface area contributed by atoms with Gasteiger partial charge in [-0.25, -0.2) is 4.79 Å². The molecule has 2 aliphatic rings. The van der Waals surface area contributed by atoms with Crippen LogP contribution in [0.3, 0.4) is 0 Å². The fourth-order valence-electron chi connectivity index (χ4n) is 3.13. The molecular formula is C20H19NO4. The largest absolute Gasteiger partial charge is 0.363 e. The number of fused-ring (bicyclic) bond motifs is 1. The average Bonchev–Trinajstić information content (AvgIpc) is 3.38. The first-order valence-electron chi connectivity index (χ1n) is 8.44. The molecule has 4 rings (SSSR count). The van der Waals surface area contributed by atoms with Crippen LogP contribution in [0, 0.1) is 6.92 Å². The van der Waals surface area contributed by atoms with E-state index in [1.807, 2.05) is 18.2 Å². The van der Waals surface area contributed by atoms with Gasteiger partial charge in [0.05, 0.1) is 5.56 Å². The van der Waals surface area contributed by atoms with Crippen LogP contribution in [0.2, 0.25) is 0 Å². The van der Waals surface area contributed by atoms with Crippen molar-refractivity contribution in [1.82, 2.24) is 5.06 Å². The Kier molecular flexibility index (Phi) is 4.01. The topological polar surface area (TPSA) is 59.1 Å². The number of benzene rings is 2. The summed E-state index contributed by atoms with van der Waals surface area (Å²) in [5.74, 6) is -0.741. The Morgan fingerprint density at radius 1 is 1.20 bits per heavy atom. The molecule has 2 fully saturated rings. The van der Waals surface area contributed by atoms with Crippen molar-refractivity contribution in [3.8, 4) is 0 Å². The Hall–Kier alpha value is -2.66. The number of carbonyl (C=O) groups excluding carboxylic acids is 2. The maximum atomic E-state index is 12.3. The van der Waals surface area contributed by atoms with Gasteiger partial charge in [-0.3, -0.25) is 4.79 Å². The molecule has 2 aromatic rings. The molecule has 2 heterocycles. The smallest absolute Gasteiger partial charge is 0.344 e. The summed E-state index contributed by atoms with van der Waals surface area (Å²) in [7, 11) is 0. The molecule has 0 spiro atoms. The molecule has 0 saturated carbocycles. The molecule has 5 nitrogen and oxygen atoms in total. The monoisotopic (exact) mass is 337 g/mol. The maximum absolute atomic E-state index is 12.3. The molecule has 0 N–H and O–H groups in total. The lowest BCUT2D eigenvalue weighted by Gasteiger charge is -2.21. The van der Waals surface area contributed by atoms with E-state index in [2.05, 4.69) is 25.1 Å². The van der Waals surface area contributed by atoms with Gasteiger partial charge in [-0.1, -0.05) is 42.0 Å². The van der Waals surface area contributed by atoms with Gasteiger partial charge < -0.3 is 9.57 Å². The van der Waals surface area contributed by atoms with Gasteiger partial charge in [-0.15, -0.1) is 5.06 Å². The number of ether oxygens (including phenoxy) is 1. The number of piperidine rings is 1. The van der Waals surface area contributed by atoms with Crippen molar-refractivity contribution < 1.29 is 19.2 Å². The lowest BCUT2D eigenvalue weighted by Crippen LogP contribution is -2.39. The third kappa shape index (κ3) is 3.42. The van der Waals surface area contributed by atoms with Gasteiger partial charge in [0.1, 0.15) is 6.10 Å². The van der Waals surface area contributed by atoms with E-state index in [0.717, 1.165) is 17.0 Å². The van der Waals surface area contributed by atoms with E-state index in [1.54, 1.807) is 12.1 Å². The van der Waals surface area contributed by atoms with Gasteiger partial charge in [0.15, 0.2) is 6.23 Å². The van der Waals surface area contributed by atoms with Crippen molar-refractivity contribution in [1.29, 1.82) is 0 Å². The molecule has 0 aliphatic carbocycles. The molecule has 0 radical (unpaired) electrons.